The van der Waals surface area contributed by atoms with Crippen LogP contribution in [0.15, 0.2) is 35.6 Å². The molecule has 170 valence electrons. The lowest BCUT2D eigenvalue weighted by atomic mass is 9.98. The molecule has 4 rings (SSSR count). The average molecular weight is 437 g/mol. The number of hydrogen-bond donors (Lipinski definition) is 3. The van der Waals surface area contributed by atoms with E-state index in [1.807, 2.05) is 19.1 Å². The quantitative estimate of drug-likeness (QED) is 0.577. The van der Waals surface area contributed by atoms with Gasteiger partial charge in [-0.25, -0.2) is 15.0 Å². The fraction of sp³-hybridized carbons (Fsp3) is 0.500. The van der Waals surface area contributed by atoms with Crippen molar-refractivity contribution in [3.8, 4) is 0 Å². The summed E-state index contributed by atoms with van der Waals surface area (Å²) < 4.78 is 0. The second-order valence-electron chi connectivity index (χ2n) is 8.61. The molecule has 2 aromatic rings. The molecule has 3 heterocycles. The molecule has 32 heavy (non-hydrogen) atoms. The summed E-state index contributed by atoms with van der Waals surface area (Å²) in [5, 5.41) is 15.9. The number of benzene rings is 1. The Hall–Kier alpha value is -2.84. The van der Waals surface area contributed by atoms with E-state index in [9.17, 15) is 9.90 Å². The van der Waals surface area contributed by atoms with E-state index in [0.29, 0.717) is 42.6 Å². The highest BCUT2D eigenvalue weighted by Gasteiger charge is 2.31. The van der Waals surface area contributed by atoms with Gasteiger partial charge in [0.2, 0.25) is 0 Å². The van der Waals surface area contributed by atoms with Crippen molar-refractivity contribution in [2.75, 3.05) is 37.7 Å². The standard InChI is InChI=1S/C24H32N6O2/c1-16-22(29-17(2)24(32)26-13-18-7-10-25-11-8-18)23(28-15-27-16)30-14-19(9-12-31)20-5-3-4-6-21(20)30/h3-6,15,18-19,25,31H,7-14H2,1-2H3,(H,26,32). The van der Waals surface area contributed by atoms with Gasteiger partial charge in [0, 0.05) is 31.3 Å². The minimum atomic E-state index is -0.155. The number of nitrogens with one attached hydrogen (secondary N) is 2. The molecule has 8 nitrogen and oxygen atoms in total. The van der Waals surface area contributed by atoms with E-state index in [-0.39, 0.29) is 18.4 Å². The highest BCUT2D eigenvalue weighted by Crippen LogP contribution is 2.44. The van der Waals surface area contributed by atoms with Crippen LogP contribution in [-0.2, 0) is 4.79 Å². The Balaban J connectivity index is 1.57. The zero-order valence-corrected chi connectivity index (χ0v) is 18.8. The van der Waals surface area contributed by atoms with Crippen molar-refractivity contribution in [2.24, 2.45) is 10.9 Å². The molecular weight excluding hydrogens is 404 g/mol. The third-order valence-electron chi connectivity index (χ3n) is 6.41. The van der Waals surface area contributed by atoms with Crippen LogP contribution in [0.25, 0.3) is 0 Å². The van der Waals surface area contributed by atoms with Crippen LogP contribution in [-0.4, -0.2) is 59.5 Å². The van der Waals surface area contributed by atoms with E-state index < -0.39 is 0 Å². The van der Waals surface area contributed by atoms with E-state index in [0.717, 1.165) is 37.3 Å². The molecule has 1 fully saturated rings. The number of fused-ring (bicyclic) bond motifs is 1. The molecule has 8 heteroatoms. The van der Waals surface area contributed by atoms with Crippen LogP contribution in [0.3, 0.4) is 0 Å². The van der Waals surface area contributed by atoms with Crippen LogP contribution >= 0.6 is 0 Å². The van der Waals surface area contributed by atoms with Gasteiger partial charge in [-0.05, 0) is 63.7 Å². The molecule has 0 aliphatic carbocycles. The predicted octanol–water partition coefficient (Wildman–Crippen LogP) is 2.61. The summed E-state index contributed by atoms with van der Waals surface area (Å²) in [7, 11) is 0. The molecule has 0 spiro atoms. The average Bonchev–Trinajstić information content (AvgIpc) is 3.18. The third-order valence-corrected chi connectivity index (χ3v) is 6.41. The minimum absolute atomic E-state index is 0.136. The summed E-state index contributed by atoms with van der Waals surface area (Å²) in [6, 6.07) is 8.19. The van der Waals surface area contributed by atoms with Gasteiger partial charge >= 0.3 is 0 Å². The molecule has 1 unspecified atom stereocenters. The highest BCUT2D eigenvalue weighted by molar-refractivity contribution is 6.38. The number of carbonyl (C=O) groups excluding carboxylic acids is 1. The number of aliphatic hydroxyl groups is 1. The summed E-state index contributed by atoms with van der Waals surface area (Å²) in [5.41, 5.74) is 4.00. The lowest BCUT2D eigenvalue weighted by Gasteiger charge is -2.23. The molecule has 1 amide bonds. The van der Waals surface area contributed by atoms with Crippen LogP contribution in [0, 0.1) is 12.8 Å². The maximum atomic E-state index is 12.7. The fourth-order valence-corrected chi connectivity index (χ4v) is 4.55. The van der Waals surface area contributed by atoms with Gasteiger partial charge in [-0.15, -0.1) is 0 Å². The van der Waals surface area contributed by atoms with E-state index in [4.69, 9.17) is 0 Å². The summed E-state index contributed by atoms with van der Waals surface area (Å²) >= 11 is 0. The molecule has 2 aliphatic heterocycles. The Morgan fingerprint density at radius 2 is 2.06 bits per heavy atom. The van der Waals surface area contributed by atoms with Crippen LogP contribution in [0.4, 0.5) is 17.2 Å². The Morgan fingerprint density at radius 1 is 1.28 bits per heavy atom. The van der Waals surface area contributed by atoms with Gasteiger partial charge in [-0.1, -0.05) is 18.2 Å². The van der Waals surface area contributed by atoms with E-state index in [1.54, 1.807) is 6.92 Å². The fourth-order valence-electron chi connectivity index (χ4n) is 4.55. The maximum Gasteiger partial charge on any atom is 0.265 e. The number of anilines is 2. The van der Waals surface area contributed by atoms with Crippen LogP contribution in [0.5, 0.6) is 0 Å². The molecule has 1 saturated heterocycles. The normalized spacial score (nSPS) is 19.2. The number of para-hydroxylation sites is 1. The largest absolute Gasteiger partial charge is 0.396 e. The number of piperidine rings is 1. The second-order valence-corrected chi connectivity index (χ2v) is 8.61. The number of aliphatic imine (C=N–C) groups is 1. The van der Waals surface area contributed by atoms with Crippen molar-refractivity contribution >= 4 is 28.8 Å². The maximum absolute atomic E-state index is 12.7. The Morgan fingerprint density at radius 3 is 2.84 bits per heavy atom. The first-order chi connectivity index (χ1) is 15.6. The van der Waals surface area contributed by atoms with Crippen LogP contribution < -0.4 is 15.5 Å². The van der Waals surface area contributed by atoms with Crippen molar-refractivity contribution in [2.45, 2.75) is 39.0 Å². The molecule has 1 aromatic carbocycles. The molecule has 0 radical (unpaired) electrons. The van der Waals surface area contributed by atoms with Crippen LogP contribution in [0.2, 0.25) is 0 Å². The molecule has 1 atom stereocenters. The highest BCUT2D eigenvalue weighted by atomic mass is 16.3. The molecule has 0 bridgehead atoms. The lowest BCUT2D eigenvalue weighted by molar-refractivity contribution is -0.115. The summed E-state index contributed by atoms with van der Waals surface area (Å²) in [6.45, 7) is 7.15. The van der Waals surface area contributed by atoms with Crippen molar-refractivity contribution in [3.05, 3.63) is 41.9 Å². The molecule has 0 saturated carbocycles. The Bertz CT molecular complexity index is 986. The lowest BCUT2D eigenvalue weighted by Crippen LogP contribution is -2.38. The minimum Gasteiger partial charge on any atom is -0.396 e. The van der Waals surface area contributed by atoms with E-state index >= 15 is 0 Å². The van der Waals surface area contributed by atoms with Crippen LogP contribution in [0.1, 0.15) is 43.4 Å². The van der Waals surface area contributed by atoms with Gasteiger partial charge in [0.15, 0.2) is 5.82 Å². The molecule has 2 aliphatic rings. The molecule has 3 N–H and O–H groups in total. The topological polar surface area (TPSA) is 103 Å². The van der Waals surface area contributed by atoms with Crippen molar-refractivity contribution in [3.63, 3.8) is 0 Å². The third kappa shape index (κ3) is 4.81. The van der Waals surface area contributed by atoms with Gasteiger partial charge in [-0.3, -0.25) is 4.79 Å². The summed E-state index contributed by atoms with van der Waals surface area (Å²) in [5.74, 6) is 1.27. The Labute approximate surface area is 189 Å². The Kier molecular flexibility index (Phi) is 7.12. The number of nitrogens with zero attached hydrogens (tertiary/aromatic N) is 4. The monoisotopic (exact) mass is 436 g/mol. The van der Waals surface area contributed by atoms with E-state index in [1.165, 1.54) is 11.9 Å². The number of aliphatic hydroxyl groups excluding tert-OH is 1. The number of amides is 1. The number of carbonyl (C=O) groups is 1. The summed E-state index contributed by atoms with van der Waals surface area (Å²) in [4.78, 5) is 28.4. The second kappa shape index (κ2) is 10.2. The number of aryl methyl sites for hydroxylation is 1. The number of aromatic nitrogens is 2. The van der Waals surface area contributed by atoms with Gasteiger partial charge in [-0.2, -0.15) is 0 Å². The van der Waals surface area contributed by atoms with Crippen molar-refractivity contribution in [1.29, 1.82) is 0 Å². The number of rotatable bonds is 7. The van der Waals surface area contributed by atoms with Gasteiger partial charge < -0.3 is 20.6 Å². The van der Waals surface area contributed by atoms with Crippen molar-refractivity contribution < 1.29 is 9.90 Å². The number of hydrogen-bond acceptors (Lipinski definition) is 7. The van der Waals surface area contributed by atoms with Gasteiger partial charge in [0.05, 0.1) is 5.69 Å². The first-order valence-electron chi connectivity index (χ1n) is 11.4. The SMILES string of the molecule is CC(=Nc1c(C)ncnc1N1CC(CCO)c2ccccc21)C(=O)NCC1CCNCC1. The first kappa shape index (κ1) is 22.4. The van der Waals surface area contributed by atoms with Gasteiger partial charge in [0.1, 0.15) is 17.7 Å². The first-order valence-corrected chi connectivity index (χ1v) is 11.4. The zero-order chi connectivity index (χ0) is 22.5. The van der Waals surface area contributed by atoms with Gasteiger partial charge in [0.25, 0.3) is 5.91 Å². The van der Waals surface area contributed by atoms with E-state index in [2.05, 4.69) is 42.6 Å². The zero-order valence-electron chi connectivity index (χ0n) is 18.8. The summed E-state index contributed by atoms with van der Waals surface area (Å²) in [6.07, 6.45) is 4.39. The smallest absolute Gasteiger partial charge is 0.265 e. The van der Waals surface area contributed by atoms with Crippen molar-refractivity contribution in [1.82, 2.24) is 20.6 Å². The molecular formula is C24H32N6O2. The predicted molar refractivity (Wildman–Crippen MR) is 126 cm³/mol. The molecule has 1 aromatic heterocycles.